The lowest BCUT2D eigenvalue weighted by Crippen LogP contribution is -2.42. The van der Waals surface area contributed by atoms with Gasteiger partial charge in [0.05, 0.1) is 6.61 Å². The molecular formula is C15H21NO4. The van der Waals surface area contributed by atoms with Gasteiger partial charge in [-0.25, -0.2) is 9.59 Å². The van der Waals surface area contributed by atoms with Crippen molar-refractivity contribution in [2.75, 3.05) is 6.61 Å². The van der Waals surface area contributed by atoms with Crippen LogP contribution in [0.25, 0.3) is 0 Å². The van der Waals surface area contributed by atoms with E-state index in [0.29, 0.717) is 6.61 Å². The predicted octanol–water partition coefficient (Wildman–Crippen LogP) is 2.52. The summed E-state index contributed by atoms with van der Waals surface area (Å²) in [6.07, 6.45) is 1.24. The quantitative estimate of drug-likeness (QED) is 0.752. The smallest absolute Gasteiger partial charge is 0.407 e. The second-order valence-corrected chi connectivity index (χ2v) is 4.66. The van der Waals surface area contributed by atoms with Crippen LogP contribution in [0.4, 0.5) is 4.79 Å². The monoisotopic (exact) mass is 279 g/mol. The van der Waals surface area contributed by atoms with Crippen molar-refractivity contribution < 1.29 is 19.4 Å². The third-order valence-electron chi connectivity index (χ3n) is 3.01. The van der Waals surface area contributed by atoms with Gasteiger partial charge >= 0.3 is 12.1 Å². The van der Waals surface area contributed by atoms with Crippen molar-refractivity contribution in [2.45, 2.75) is 39.2 Å². The van der Waals surface area contributed by atoms with E-state index in [1.165, 1.54) is 0 Å². The summed E-state index contributed by atoms with van der Waals surface area (Å²) in [5.74, 6) is -1.07. The van der Waals surface area contributed by atoms with Crippen LogP contribution in [0, 0.1) is 6.92 Å². The number of nitrogens with one attached hydrogen (secondary N) is 1. The van der Waals surface area contributed by atoms with Crippen LogP contribution in [0.15, 0.2) is 24.3 Å². The molecule has 0 aliphatic carbocycles. The maximum absolute atomic E-state index is 11.5. The van der Waals surface area contributed by atoms with Gasteiger partial charge in [-0.05, 0) is 24.5 Å². The number of benzene rings is 1. The van der Waals surface area contributed by atoms with Gasteiger partial charge in [-0.3, -0.25) is 0 Å². The second kappa shape index (κ2) is 8.19. The first kappa shape index (κ1) is 16.0. The molecule has 1 aromatic rings. The Morgan fingerprint density at radius 1 is 1.35 bits per heavy atom. The van der Waals surface area contributed by atoms with Crippen molar-refractivity contribution in [3.63, 3.8) is 0 Å². The van der Waals surface area contributed by atoms with Gasteiger partial charge in [0, 0.05) is 6.42 Å². The fourth-order valence-electron chi connectivity index (χ4n) is 1.75. The first-order chi connectivity index (χ1) is 9.54. The van der Waals surface area contributed by atoms with Crippen molar-refractivity contribution >= 4 is 12.1 Å². The van der Waals surface area contributed by atoms with Gasteiger partial charge in [-0.2, -0.15) is 0 Å². The zero-order valence-corrected chi connectivity index (χ0v) is 11.9. The number of carbonyl (C=O) groups excluding carboxylic acids is 1. The minimum absolute atomic E-state index is 0.241. The number of carboxylic acid groups (broad SMARTS) is 1. The summed E-state index contributed by atoms with van der Waals surface area (Å²) >= 11 is 0. The first-order valence-corrected chi connectivity index (χ1v) is 6.75. The summed E-state index contributed by atoms with van der Waals surface area (Å²) in [5, 5.41) is 11.6. The number of alkyl carbamates (subject to hydrolysis) is 1. The van der Waals surface area contributed by atoms with Crippen LogP contribution in [0.3, 0.4) is 0 Å². The number of ether oxygens (including phenoxy) is 1. The Morgan fingerprint density at radius 2 is 2.05 bits per heavy atom. The van der Waals surface area contributed by atoms with Crippen molar-refractivity contribution in [3.05, 3.63) is 35.4 Å². The van der Waals surface area contributed by atoms with Crippen molar-refractivity contribution in [1.82, 2.24) is 5.32 Å². The standard InChI is InChI=1S/C15H21NO4/c1-3-4-9-20-15(19)16-13(14(17)18)10-12-8-6-5-7-11(12)2/h5-8,13H,3-4,9-10H2,1-2H3,(H,16,19)(H,17,18)/t13-/m0/s1. The maximum atomic E-state index is 11.5. The molecule has 110 valence electrons. The average molecular weight is 279 g/mol. The van der Waals surface area contributed by atoms with E-state index in [0.717, 1.165) is 24.0 Å². The fraction of sp³-hybridized carbons (Fsp3) is 0.467. The van der Waals surface area contributed by atoms with Crippen molar-refractivity contribution in [3.8, 4) is 0 Å². The zero-order chi connectivity index (χ0) is 15.0. The number of hydrogen-bond donors (Lipinski definition) is 2. The number of amides is 1. The molecule has 0 spiro atoms. The number of hydrogen-bond acceptors (Lipinski definition) is 3. The van der Waals surface area contributed by atoms with Crippen LogP contribution in [0.2, 0.25) is 0 Å². The van der Waals surface area contributed by atoms with E-state index in [1.54, 1.807) is 0 Å². The molecule has 0 aliphatic rings. The van der Waals surface area contributed by atoms with Gasteiger partial charge < -0.3 is 15.2 Å². The molecule has 1 rings (SSSR count). The van der Waals surface area contributed by atoms with E-state index < -0.39 is 18.1 Å². The highest BCUT2D eigenvalue weighted by molar-refractivity contribution is 5.80. The molecule has 2 N–H and O–H groups in total. The molecule has 0 fully saturated rings. The molecule has 0 saturated carbocycles. The summed E-state index contributed by atoms with van der Waals surface area (Å²) in [6.45, 7) is 4.20. The summed E-state index contributed by atoms with van der Waals surface area (Å²) in [6, 6.07) is 6.52. The number of carboxylic acids is 1. The Kier molecular flexibility index (Phi) is 6.56. The molecule has 0 bridgehead atoms. The molecule has 0 radical (unpaired) electrons. The average Bonchev–Trinajstić information content (AvgIpc) is 2.40. The molecule has 0 heterocycles. The van der Waals surface area contributed by atoms with E-state index in [9.17, 15) is 14.7 Å². The van der Waals surface area contributed by atoms with Crippen LogP contribution >= 0.6 is 0 Å². The lowest BCUT2D eigenvalue weighted by Gasteiger charge is -2.15. The summed E-state index contributed by atoms with van der Waals surface area (Å²) < 4.78 is 4.92. The predicted molar refractivity (Wildman–Crippen MR) is 75.7 cm³/mol. The van der Waals surface area contributed by atoms with Crippen LogP contribution < -0.4 is 5.32 Å². The van der Waals surface area contributed by atoms with Crippen LogP contribution in [-0.2, 0) is 16.0 Å². The number of aliphatic carboxylic acids is 1. The Hall–Kier alpha value is -2.04. The van der Waals surface area contributed by atoms with E-state index in [4.69, 9.17) is 4.74 Å². The van der Waals surface area contributed by atoms with Gasteiger partial charge in [0.2, 0.25) is 0 Å². The van der Waals surface area contributed by atoms with E-state index >= 15 is 0 Å². The largest absolute Gasteiger partial charge is 0.480 e. The highest BCUT2D eigenvalue weighted by Crippen LogP contribution is 2.10. The molecule has 0 aliphatic heterocycles. The third-order valence-corrected chi connectivity index (χ3v) is 3.01. The number of rotatable bonds is 7. The maximum Gasteiger partial charge on any atom is 0.407 e. The topological polar surface area (TPSA) is 75.6 Å². The Balaban J connectivity index is 2.59. The van der Waals surface area contributed by atoms with Crippen molar-refractivity contribution in [1.29, 1.82) is 0 Å². The molecule has 5 heteroatoms. The molecular weight excluding hydrogens is 258 g/mol. The van der Waals surface area contributed by atoms with Crippen LogP contribution in [-0.4, -0.2) is 29.8 Å². The SMILES string of the molecule is CCCCOC(=O)N[C@@H](Cc1ccccc1C)C(=O)O. The van der Waals surface area contributed by atoms with Gasteiger partial charge in [0.25, 0.3) is 0 Å². The van der Waals surface area contributed by atoms with Crippen LogP contribution in [0.5, 0.6) is 0 Å². The van der Waals surface area contributed by atoms with Gasteiger partial charge in [-0.1, -0.05) is 37.6 Å². The highest BCUT2D eigenvalue weighted by Gasteiger charge is 2.21. The van der Waals surface area contributed by atoms with E-state index in [1.807, 2.05) is 38.1 Å². The summed E-state index contributed by atoms with van der Waals surface area (Å²) in [7, 11) is 0. The lowest BCUT2D eigenvalue weighted by atomic mass is 10.0. The molecule has 0 aromatic heterocycles. The molecule has 20 heavy (non-hydrogen) atoms. The Labute approximate surface area is 118 Å². The Bertz CT molecular complexity index is 459. The van der Waals surface area contributed by atoms with Gasteiger partial charge in [0.1, 0.15) is 6.04 Å². The Morgan fingerprint density at radius 3 is 2.65 bits per heavy atom. The highest BCUT2D eigenvalue weighted by atomic mass is 16.5. The van der Waals surface area contributed by atoms with E-state index in [-0.39, 0.29) is 6.42 Å². The third kappa shape index (κ3) is 5.30. The van der Waals surface area contributed by atoms with Gasteiger partial charge in [-0.15, -0.1) is 0 Å². The zero-order valence-electron chi connectivity index (χ0n) is 11.9. The normalized spacial score (nSPS) is 11.7. The molecule has 0 saturated heterocycles. The molecule has 5 nitrogen and oxygen atoms in total. The lowest BCUT2D eigenvalue weighted by molar-refractivity contribution is -0.139. The first-order valence-electron chi connectivity index (χ1n) is 6.75. The molecule has 1 amide bonds. The van der Waals surface area contributed by atoms with Crippen molar-refractivity contribution in [2.24, 2.45) is 0 Å². The molecule has 1 aromatic carbocycles. The van der Waals surface area contributed by atoms with Crippen LogP contribution in [0.1, 0.15) is 30.9 Å². The molecule has 1 atom stereocenters. The number of aryl methyl sites for hydroxylation is 1. The summed E-state index contributed by atoms with van der Waals surface area (Å²) in [5.41, 5.74) is 1.90. The van der Waals surface area contributed by atoms with E-state index in [2.05, 4.69) is 5.32 Å². The number of carbonyl (C=O) groups is 2. The fourth-order valence-corrected chi connectivity index (χ4v) is 1.75. The minimum Gasteiger partial charge on any atom is -0.480 e. The van der Waals surface area contributed by atoms with Gasteiger partial charge in [0.15, 0.2) is 0 Å². The number of unbranched alkanes of at least 4 members (excludes halogenated alkanes) is 1. The molecule has 0 unspecified atom stereocenters. The second-order valence-electron chi connectivity index (χ2n) is 4.66. The summed E-state index contributed by atoms with van der Waals surface area (Å²) in [4.78, 5) is 22.7. The minimum atomic E-state index is -1.07.